The zero-order chi connectivity index (χ0) is 12.3. The third-order valence-corrected chi connectivity index (χ3v) is 6.04. The summed E-state index contributed by atoms with van der Waals surface area (Å²) in [6.45, 7) is 4.66. The summed E-state index contributed by atoms with van der Waals surface area (Å²) in [4.78, 5) is 22.7. The maximum Gasteiger partial charge on any atom is 0.146 e. The molecule has 0 aromatic carbocycles. The minimum atomic E-state index is -0.101. The summed E-state index contributed by atoms with van der Waals surface area (Å²) in [5, 5.41) is 0. The molecule has 3 aliphatic carbocycles. The number of allylic oxidation sites excluding steroid dienone is 2. The number of rotatable bonds is 2. The Hall–Kier alpha value is -0.920. The second-order valence-corrected chi connectivity index (χ2v) is 6.65. The molecule has 0 radical (unpaired) electrons. The molecule has 0 heterocycles. The van der Waals surface area contributed by atoms with Gasteiger partial charge in [-0.1, -0.05) is 19.9 Å². The van der Waals surface area contributed by atoms with Crippen LogP contribution in [-0.2, 0) is 9.59 Å². The monoisotopic (exact) mass is 232 g/mol. The molecule has 2 fully saturated rings. The third kappa shape index (κ3) is 1.12. The highest BCUT2D eigenvalue weighted by Gasteiger charge is 2.65. The molecule has 3 aliphatic rings. The van der Waals surface area contributed by atoms with Crippen LogP contribution >= 0.6 is 0 Å². The van der Waals surface area contributed by atoms with Gasteiger partial charge in [-0.25, -0.2) is 0 Å². The van der Waals surface area contributed by atoms with Gasteiger partial charge in [0.05, 0.1) is 0 Å². The second-order valence-electron chi connectivity index (χ2n) is 6.65. The molecular weight excluding hydrogens is 212 g/mol. The van der Waals surface area contributed by atoms with Gasteiger partial charge in [0.15, 0.2) is 0 Å². The Kier molecular flexibility index (Phi) is 2.17. The lowest BCUT2D eigenvalue weighted by atomic mass is 9.65. The predicted molar refractivity (Wildman–Crippen MR) is 65.4 cm³/mol. The summed E-state index contributed by atoms with van der Waals surface area (Å²) in [5.74, 6) is 1.25. The van der Waals surface area contributed by atoms with Crippen molar-refractivity contribution in [3.8, 4) is 0 Å². The van der Waals surface area contributed by atoms with Gasteiger partial charge in [0, 0.05) is 11.3 Å². The van der Waals surface area contributed by atoms with E-state index >= 15 is 0 Å². The van der Waals surface area contributed by atoms with Crippen molar-refractivity contribution in [3.05, 3.63) is 11.6 Å². The first-order chi connectivity index (χ1) is 8.07. The Labute approximate surface area is 102 Å². The lowest BCUT2D eigenvalue weighted by Gasteiger charge is -2.37. The molecule has 2 nitrogen and oxygen atoms in total. The highest BCUT2D eigenvalue weighted by atomic mass is 16.1. The SMILES string of the molecule is CC1(C)[C@@H]2CC=C(C=O)[C@]3(C2)[C@H](C=O)CC[C@@H]13. The van der Waals surface area contributed by atoms with Crippen LogP contribution in [0.4, 0.5) is 0 Å². The van der Waals surface area contributed by atoms with Crippen LogP contribution < -0.4 is 0 Å². The van der Waals surface area contributed by atoms with Crippen molar-refractivity contribution in [1.82, 2.24) is 0 Å². The number of carbonyl (C=O) groups excluding carboxylic acids is 2. The number of aldehydes is 2. The van der Waals surface area contributed by atoms with Gasteiger partial charge in [0.25, 0.3) is 0 Å². The molecule has 4 atom stereocenters. The van der Waals surface area contributed by atoms with Crippen LogP contribution in [-0.4, -0.2) is 12.6 Å². The fourth-order valence-corrected chi connectivity index (χ4v) is 5.13. The van der Waals surface area contributed by atoms with Gasteiger partial charge in [-0.3, -0.25) is 4.79 Å². The van der Waals surface area contributed by atoms with Gasteiger partial charge in [-0.15, -0.1) is 0 Å². The van der Waals surface area contributed by atoms with Crippen molar-refractivity contribution >= 4 is 12.6 Å². The average Bonchev–Trinajstić information content (AvgIpc) is 2.75. The molecule has 0 aromatic rings. The quantitative estimate of drug-likeness (QED) is 0.686. The Bertz CT molecular complexity index is 407. The van der Waals surface area contributed by atoms with Gasteiger partial charge in [-0.05, 0) is 48.5 Å². The summed E-state index contributed by atoms with van der Waals surface area (Å²) in [5.41, 5.74) is 1.11. The van der Waals surface area contributed by atoms with Crippen molar-refractivity contribution in [2.75, 3.05) is 0 Å². The molecule has 17 heavy (non-hydrogen) atoms. The molecule has 2 heteroatoms. The zero-order valence-corrected chi connectivity index (χ0v) is 10.6. The van der Waals surface area contributed by atoms with E-state index in [1.54, 1.807) is 0 Å². The van der Waals surface area contributed by atoms with Crippen molar-refractivity contribution in [2.24, 2.45) is 28.6 Å². The largest absolute Gasteiger partial charge is 0.303 e. The minimum absolute atomic E-state index is 0.0773. The minimum Gasteiger partial charge on any atom is -0.303 e. The summed E-state index contributed by atoms with van der Waals surface area (Å²) < 4.78 is 0. The molecule has 0 aromatic heterocycles. The van der Waals surface area contributed by atoms with E-state index in [0.29, 0.717) is 11.8 Å². The number of hydrogen-bond donors (Lipinski definition) is 0. The summed E-state index contributed by atoms with van der Waals surface area (Å²) >= 11 is 0. The normalized spacial score (nSPS) is 46.2. The van der Waals surface area contributed by atoms with Crippen molar-refractivity contribution in [1.29, 1.82) is 0 Å². The van der Waals surface area contributed by atoms with Crippen LogP contribution in [0.5, 0.6) is 0 Å². The Balaban J connectivity index is 2.17. The maximum absolute atomic E-state index is 11.4. The molecule has 0 unspecified atom stereocenters. The van der Waals surface area contributed by atoms with Crippen molar-refractivity contribution in [2.45, 2.75) is 39.5 Å². The van der Waals surface area contributed by atoms with Gasteiger partial charge in [-0.2, -0.15) is 0 Å². The summed E-state index contributed by atoms with van der Waals surface area (Å²) in [6.07, 6.45) is 8.40. The van der Waals surface area contributed by atoms with E-state index in [1.807, 2.05) is 0 Å². The maximum atomic E-state index is 11.4. The number of carbonyl (C=O) groups is 2. The molecule has 0 saturated heterocycles. The van der Waals surface area contributed by atoms with Crippen LogP contribution in [0.25, 0.3) is 0 Å². The Morgan fingerprint density at radius 3 is 2.71 bits per heavy atom. The summed E-state index contributed by atoms with van der Waals surface area (Å²) in [6, 6.07) is 0. The first-order valence-electron chi connectivity index (χ1n) is 6.68. The Morgan fingerprint density at radius 2 is 2.06 bits per heavy atom. The molecule has 2 saturated carbocycles. The van der Waals surface area contributed by atoms with E-state index < -0.39 is 0 Å². The van der Waals surface area contributed by atoms with Crippen LogP contribution in [0.1, 0.15) is 39.5 Å². The van der Waals surface area contributed by atoms with E-state index in [2.05, 4.69) is 19.9 Å². The average molecular weight is 232 g/mol. The smallest absolute Gasteiger partial charge is 0.146 e. The van der Waals surface area contributed by atoms with E-state index in [0.717, 1.165) is 43.8 Å². The molecule has 0 N–H and O–H groups in total. The first-order valence-corrected chi connectivity index (χ1v) is 6.68. The molecule has 1 spiro atoms. The molecule has 3 rings (SSSR count). The van der Waals surface area contributed by atoms with Crippen LogP contribution in [0.3, 0.4) is 0 Å². The molecule has 2 bridgehead atoms. The first kappa shape index (κ1) is 11.2. The fourth-order valence-electron chi connectivity index (χ4n) is 5.13. The van der Waals surface area contributed by atoms with Gasteiger partial charge < -0.3 is 4.79 Å². The fraction of sp³-hybridized carbons (Fsp3) is 0.733. The number of hydrogen-bond acceptors (Lipinski definition) is 2. The molecule has 92 valence electrons. The molecule has 0 amide bonds. The predicted octanol–water partition coefficient (Wildman–Crippen LogP) is 2.77. The van der Waals surface area contributed by atoms with Crippen LogP contribution in [0.15, 0.2) is 11.6 Å². The highest BCUT2D eigenvalue weighted by molar-refractivity contribution is 5.79. The zero-order valence-electron chi connectivity index (χ0n) is 10.6. The van der Waals surface area contributed by atoms with E-state index in [4.69, 9.17) is 0 Å². The second kappa shape index (κ2) is 3.30. The lowest BCUT2D eigenvalue weighted by molar-refractivity contribution is -0.114. The van der Waals surface area contributed by atoms with E-state index in [-0.39, 0.29) is 16.7 Å². The van der Waals surface area contributed by atoms with Gasteiger partial charge in [0.1, 0.15) is 12.6 Å². The molecular formula is C15H20O2. The standard InChI is InChI=1S/C15H20O2/c1-14(2)10-3-4-11(8-16)15(7-10)12(9-17)5-6-13(14)15/h4,8-10,12-13H,3,5-7H2,1-2H3/t10-,12+,13+,15-/m1/s1. The lowest BCUT2D eigenvalue weighted by Crippen LogP contribution is -2.35. The highest BCUT2D eigenvalue weighted by Crippen LogP contribution is 2.71. The van der Waals surface area contributed by atoms with Crippen molar-refractivity contribution in [3.63, 3.8) is 0 Å². The van der Waals surface area contributed by atoms with Crippen LogP contribution in [0, 0.1) is 28.6 Å². The summed E-state index contributed by atoms with van der Waals surface area (Å²) in [7, 11) is 0. The van der Waals surface area contributed by atoms with E-state index in [9.17, 15) is 9.59 Å². The topological polar surface area (TPSA) is 34.1 Å². The van der Waals surface area contributed by atoms with Gasteiger partial charge >= 0.3 is 0 Å². The van der Waals surface area contributed by atoms with Crippen molar-refractivity contribution < 1.29 is 9.59 Å². The Morgan fingerprint density at radius 1 is 1.29 bits per heavy atom. The van der Waals surface area contributed by atoms with Crippen LogP contribution in [0.2, 0.25) is 0 Å². The number of fused-ring (bicyclic) bond motifs is 1. The third-order valence-electron chi connectivity index (χ3n) is 6.04. The van der Waals surface area contributed by atoms with E-state index in [1.165, 1.54) is 0 Å². The van der Waals surface area contributed by atoms with Gasteiger partial charge in [0.2, 0.25) is 0 Å². The molecule has 0 aliphatic heterocycles.